The summed E-state index contributed by atoms with van der Waals surface area (Å²) in [5, 5.41) is 2.83. The molecular formula is C19H19NO2S. The van der Waals surface area contributed by atoms with Crippen molar-refractivity contribution >= 4 is 29.1 Å². The van der Waals surface area contributed by atoms with Crippen molar-refractivity contribution in [3.05, 3.63) is 58.7 Å². The van der Waals surface area contributed by atoms with Gasteiger partial charge in [-0.3, -0.25) is 9.59 Å². The van der Waals surface area contributed by atoms with Crippen molar-refractivity contribution in [1.82, 2.24) is 0 Å². The lowest BCUT2D eigenvalue weighted by Gasteiger charge is -2.08. The van der Waals surface area contributed by atoms with Gasteiger partial charge in [-0.25, -0.2) is 0 Å². The van der Waals surface area contributed by atoms with Crippen molar-refractivity contribution in [3.63, 3.8) is 0 Å². The van der Waals surface area contributed by atoms with E-state index in [1.807, 2.05) is 19.1 Å². The molecule has 3 nitrogen and oxygen atoms in total. The molecule has 0 radical (unpaired) electrons. The van der Waals surface area contributed by atoms with Gasteiger partial charge in [0.1, 0.15) is 0 Å². The maximum absolute atomic E-state index is 12.5. The number of carbonyl (C=O) groups is 2. The summed E-state index contributed by atoms with van der Waals surface area (Å²) in [6.45, 7) is 5.97. The summed E-state index contributed by atoms with van der Waals surface area (Å²) in [6, 6.07) is 11.7. The van der Waals surface area contributed by atoms with Gasteiger partial charge in [0.2, 0.25) is 5.91 Å². The predicted octanol–water partition coefficient (Wildman–Crippen LogP) is 4.33. The van der Waals surface area contributed by atoms with Crippen molar-refractivity contribution in [2.45, 2.75) is 31.6 Å². The van der Waals surface area contributed by atoms with Crippen LogP contribution in [0.5, 0.6) is 0 Å². The smallest absolute Gasteiger partial charge is 0.231 e. The maximum Gasteiger partial charge on any atom is 0.231 e. The second-order valence-electron chi connectivity index (χ2n) is 5.99. The standard InChI is InChI=1S/C19H19NO2S/c1-11-4-5-12(2)18(8-11)23-10-17(21)14-6-7-16-15(9-14)13(3)19(22)20-16/h4-9,13H,10H2,1-3H3,(H,20,22)/t13-/m1/s1. The molecular weight excluding hydrogens is 306 g/mol. The second kappa shape index (κ2) is 6.20. The van der Waals surface area contributed by atoms with E-state index < -0.39 is 0 Å². The summed E-state index contributed by atoms with van der Waals surface area (Å²) < 4.78 is 0. The third-order valence-corrected chi connectivity index (χ3v) is 5.35. The minimum Gasteiger partial charge on any atom is -0.325 e. The van der Waals surface area contributed by atoms with E-state index in [9.17, 15) is 9.59 Å². The molecule has 1 atom stereocenters. The van der Waals surface area contributed by atoms with Gasteiger partial charge in [-0.1, -0.05) is 17.7 Å². The van der Waals surface area contributed by atoms with Gasteiger partial charge in [0.25, 0.3) is 0 Å². The third kappa shape index (κ3) is 3.17. The fraction of sp³-hybridized carbons (Fsp3) is 0.263. The number of hydrogen-bond donors (Lipinski definition) is 1. The molecule has 0 aromatic heterocycles. The Labute approximate surface area is 140 Å². The summed E-state index contributed by atoms with van der Waals surface area (Å²) in [5.74, 6) is 0.294. The Morgan fingerprint density at radius 2 is 1.96 bits per heavy atom. The normalized spacial score (nSPS) is 16.1. The molecule has 4 heteroatoms. The van der Waals surface area contributed by atoms with E-state index in [4.69, 9.17) is 0 Å². The first kappa shape index (κ1) is 15.8. The molecule has 23 heavy (non-hydrogen) atoms. The van der Waals surface area contributed by atoms with Crippen LogP contribution in [0.1, 0.15) is 39.9 Å². The largest absolute Gasteiger partial charge is 0.325 e. The fourth-order valence-corrected chi connectivity index (χ4v) is 3.70. The predicted molar refractivity (Wildman–Crippen MR) is 94.5 cm³/mol. The number of hydrogen-bond acceptors (Lipinski definition) is 3. The topological polar surface area (TPSA) is 46.2 Å². The van der Waals surface area contributed by atoms with Crippen LogP contribution in [-0.4, -0.2) is 17.4 Å². The average Bonchev–Trinajstić information content (AvgIpc) is 2.82. The lowest BCUT2D eigenvalue weighted by molar-refractivity contribution is -0.116. The van der Waals surface area contributed by atoms with Crippen molar-refractivity contribution in [2.24, 2.45) is 0 Å². The van der Waals surface area contributed by atoms with E-state index in [0.717, 1.165) is 16.1 Å². The molecule has 1 aliphatic heterocycles. The SMILES string of the molecule is Cc1ccc(C)c(SCC(=O)c2ccc3c(c2)[C@@H](C)C(=O)N3)c1. The summed E-state index contributed by atoms with van der Waals surface area (Å²) in [7, 11) is 0. The molecule has 0 bridgehead atoms. The first-order valence-corrected chi connectivity index (χ1v) is 8.62. The lowest BCUT2D eigenvalue weighted by atomic mass is 9.99. The number of rotatable bonds is 4. The summed E-state index contributed by atoms with van der Waals surface area (Å²) in [4.78, 5) is 25.3. The summed E-state index contributed by atoms with van der Waals surface area (Å²) in [5.41, 5.74) is 4.79. The van der Waals surface area contributed by atoms with Crippen molar-refractivity contribution < 1.29 is 9.59 Å². The van der Waals surface area contributed by atoms with E-state index in [2.05, 4.69) is 37.4 Å². The summed E-state index contributed by atoms with van der Waals surface area (Å²) in [6.07, 6.45) is 0. The molecule has 3 rings (SSSR count). The highest BCUT2D eigenvalue weighted by molar-refractivity contribution is 8.00. The molecule has 2 aromatic carbocycles. The van der Waals surface area contributed by atoms with Crippen LogP contribution in [0.25, 0.3) is 0 Å². The first-order valence-electron chi connectivity index (χ1n) is 7.64. The molecule has 0 saturated carbocycles. The van der Waals surface area contributed by atoms with Gasteiger partial charge in [0.15, 0.2) is 5.78 Å². The number of benzene rings is 2. The highest BCUT2D eigenvalue weighted by atomic mass is 32.2. The van der Waals surface area contributed by atoms with E-state index in [1.54, 1.807) is 17.8 Å². The van der Waals surface area contributed by atoms with Crippen LogP contribution < -0.4 is 5.32 Å². The highest BCUT2D eigenvalue weighted by Gasteiger charge is 2.27. The molecule has 0 unspecified atom stereocenters. The molecule has 1 heterocycles. The van der Waals surface area contributed by atoms with Crippen LogP contribution in [0.2, 0.25) is 0 Å². The Morgan fingerprint density at radius 1 is 1.17 bits per heavy atom. The Hall–Kier alpha value is -2.07. The van der Waals surface area contributed by atoms with Crippen LogP contribution in [0.4, 0.5) is 5.69 Å². The molecule has 0 aliphatic carbocycles. The van der Waals surface area contributed by atoms with Gasteiger partial charge >= 0.3 is 0 Å². The number of nitrogens with one attached hydrogen (secondary N) is 1. The van der Waals surface area contributed by atoms with E-state index in [1.165, 1.54) is 11.1 Å². The molecule has 0 saturated heterocycles. The van der Waals surface area contributed by atoms with Gasteiger partial charge < -0.3 is 5.32 Å². The Kier molecular flexibility index (Phi) is 4.26. The van der Waals surface area contributed by atoms with Crippen molar-refractivity contribution in [1.29, 1.82) is 0 Å². The Morgan fingerprint density at radius 3 is 2.74 bits per heavy atom. The number of Topliss-reactive ketones (excluding diaryl/α,β-unsaturated/α-hetero) is 1. The average molecular weight is 325 g/mol. The molecule has 0 fully saturated rings. The Balaban J connectivity index is 1.75. The zero-order valence-corrected chi connectivity index (χ0v) is 14.3. The van der Waals surface area contributed by atoms with E-state index in [0.29, 0.717) is 11.3 Å². The van der Waals surface area contributed by atoms with E-state index >= 15 is 0 Å². The second-order valence-corrected chi connectivity index (χ2v) is 7.01. The molecule has 118 valence electrons. The Bertz CT molecular complexity index is 798. The van der Waals surface area contributed by atoms with Crippen LogP contribution in [-0.2, 0) is 4.79 Å². The van der Waals surface area contributed by atoms with Crippen LogP contribution in [0.15, 0.2) is 41.3 Å². The van der Waals surface area contributed by atoms with Crippen LogP contribution in [0.3, 0.4) is 0 Å². The third-order valence-electron chi connectivity index (χ3n) is 4.19. The molecule has 1 aliphatic rings. The maximum atomic E-state index is 12.5. The highest BCUT2D eigenvalue weighted by Crippen LogP contribution is 2.33. The zero-order chi connectivity index (χ0) is 16.6. The van der Waals surface area contributed by atoms with Gasteiger partial charge in [-0.15, -0.1) is 11.8 Å². The monoisotopic (exact) mass is 325 g/mol. The lowest BCUT2D eigenvalue weighted by Crippen LogP contribution is -2.08. The van der Waals surface area contributed by atoms with Gasteiger partial charge in [0.05, 0.1) is 11.7 Å². The number of ketones is 1. The number of carbonyl (C=O) groups excluding carboxylic acids is 2. The molecule has 0 spiro atoms. The molecule has 2 aromatic rings. The van der Waals surface area contributed by atoms with E-state index in [-0.39, 0.29) is 17.6 Å². The van der Waals surface area contributed by atoms with Gasteiger partial charge in [-0.05, 0) is 56.2 Å². The van der Waals surface area contributed by atoms with Crippen molar-refractivity contribution in [3.8, 4) is 0 Å². The number of anilines is 1. The fourth-order valence-electron chi connectivity index (χ4n) is 2.68. The quantitative estimate of drug-likeness (QED) is 0.672. The van der Waals surface area contributed by atoms with Crippen LogP contribution >= 0.6 is 11.8 Å². The number of thioether (sulfide) groups is 1. The molecule has 1 amide bonds. The molecule has 1 N–H and O–H groups in total. The first-order chi connectivity index (χ1) is 11.0. The minimum atomic E-state index is -0.190. The van der Waals surface area contributed by atoms with Gasteiger partial charge in [-0.2, -0.15) is 0 Å². The van der Waals surface area contributed by atoms with Crippen LogP contribution in [0, 0.1) is 13.8 Å². The van der Waals surface area contributed by atoms with Crippen molar-refractivity contribution in [2.75, 3.05) is 11.1 Å². The zero-order valence-electron chi connectivity index (χ0n) is 13.5. The number of amides is 1. The minimum absolute atomic E-state index is 0.00522. The van der Waals surface area contributed by atoms with Gasteiger partial charge in [0, 0.05) is 16.1 Å². The summed E-state index contributed by atoms with van der Waals surface area (Å²) >= 11 is 1.57. The number of aryl methyl sites for hydroxylation is 2. The number of fused-ring (bicyclic) bond motifs is 1.